The summed E-state index contributed by atoms with van der Waals surface area (Å²) in [6.45, 7) is 0.428. The lowest BCUT2D eigenvalue weighted by molar-refractivity contribution is -0.121. The zero-order valence-corrected chi connectivity index (χ0v) is 14.4. The van der Waals surface area contributed by atoms with Gasteiger partial charge in [0.25, 0.3) is 0 Å². The summed E-state index contributed by atoms with van der Waals surface area (Å²) in [6.07, 6.45) is 0. The Bertz CT molecular complexity index is 880. The van der Waals surface area contributed by atoms with Crippen molar-refractivity contribution < 1.29 is 9.21 Å². The first kappa shape index (κ1) is 16.5. The van der Waals surface area contributed by atoms with Gasteiger partial charge in [0.2, 0.25) is 5.91 Å². The second-order valence-electron chi connectivity index (χ2n) is 5.72. The minimum Gasteiger partial charge on any atom is -0.408 e. The number of fused-ring (bicyclic) bond motifs is 1. The van der Waals surface area contributed by atoms with Crippen molar-refractivity contribution in [1.29, 1.82) is 0 Å². The maximum absolute atomic E-state index is 12.3. The number of thiophene rings is 1. The van der Waals surface area contributed by atoms with Gasteiger partial charge in [-0.05, 0) is 37.7 Å². The van der Waals surface area contributed by atoms with E-state index in [1.165, 1.54) is 9.44 Å². The van der Waals surface area contributed by atoms with Gasteiger partial charge in [0, 0.05) is 11.4 Å². The number of benzene rings is 1. The fourth-order valence-electron chi connectivity index (χ4n) is 2.59. The number of hydrogen-bond donors (Lipinski definition) is 1. The number of hydrogen-bond acceptors (Lipinski definition) is 5. The molecule has 126 valence electrons. The molecule has 0 fully saturated rings. The van der Waals surface area contributed by atoms with Gasteiger partial charge in [0.1, 0.15) is 6.54 Å². The van der Waals surface area contributed by atoms with Crippen LogP contribution in [0.25, 0.3) is 11.1 Å². The molecule has 2 heterocycles. The van der Waals surface area contributed by atoms with Gasteiger partial charge in [-0.1, -0.05) is 18.2 Å². The molecule has 0 saturated heterocycles. The lowest BCUT2D eigenvalue weighted by Crippen LogP contribution is -2.37. The average molecular weight is 345 g/mol. The van der Waals surface area contributed by atoms with Crippen molar-refractivity contribution in [3.63, 3.8) is 0 Å². The summed E-state index contributed by atoms with van der Waals surface area (Å²) in [4.78, 5) is 27.4. The van der Waals surface area contributed by atoms with Crippen LogP contribution >= 0.6 is 11.3 Å². The largest absolute Gasteiger partial charge is 0.420 e. The predicted octanol–water partition coefficient (Wildman–Crippen LogP) is 2.08. The molecular weight excluding hydrogens is 326 g/mol. The highest BCUT2D eigenvalue weighted by atomic mass is 32.1. The van der Waals surface area contributed by atoms with Crippen LogP contribution in [-0.2, 0) is 11.3 Å². The van der Waals surface area contributed by atoms with Crippen molar-refractivity contribution in [1.82, 2.24) is 14.8 Å². The molecule has 0 aliphatic heterocycles. The van der Waals surface area contributed by atoms with Gasteiger partial charge in [-0.2, -0.15) is 0 Å². The molecule has 1 aromatic carbocycles. The van der Waals surface area contributed by atoms with E-state index in [0.717, 1.165) is 0 Å². The Morgan fingerprint density at radius 1 is 1.29 bits per heavy atom. The van der Waals surface area contributed by atoms with Crippen molar-refractivity contribution >= 4 is 28.3 Å². The smallest absolute Gasteiger partial charge is 0.408 e. The molecule has 24 heavy (non-hydrogen) atoms. The van der Waals surface area contributed by atoms with Crippen LogP contribution in [0.5, 0.6) is 0 Å². The van der Waals surface area contributed by atoms with E-state index in [1.807, 2.05) is 31.6 Å². The summed E-state index contributed by atoms with van der Waals surface area (Å²) < 4.78 is 6.49. The second-order valence-corrected chi connectivity index (χ2v) is 6.70. The minimum absolute atomic E-state index is 0.0551. The number of rotatable bonds is 6. The molecule has 0 spiro atoms. The Kier molecular flexibility index (Phi) is 4.82. The fourth-order valence-corrected chi connectivity index (χ4v) is 3.51. The lowest BCUT2D eigenvalue weighted by atomic mass is 10.2. The van der Waals surface area contributed by atoms with Gasteiger partial charge in [-0.25, -0.2) is 4.79 Å². The average Bonchev–Trinajstić information content (AvgIpc) is 3.16. The Labute approximate surface area is 143 Å². The van der Waals surface area contributed by atoms with E-state index < -0.39 is 5.76 Å². The molecule has 0 saturated carbocycles. The first-order chi connectivity index (χ1) is 11.6. The number of amides is 1. The highest BCUT2D eigenvalue weighted by Gasteiger charge is 2.17. The number of aromatic nitrogens is 1. The molecule has 0 aliphatic rings. The summed E-state index contributed by atoms with van der Waals surface area (Å²) in [5.41, 5.74) is 1.11. The van der Waals surface area contributed by atoms with Gasteiger partial charge in [-0.3, -0.25) is 9.36 Å². The van der Waals surface area contributed by atoms with Crippen molar-refractivity contribution in [3.05, 3.63) is 57.2 Å². The number of likely N-dealkylation sites (N-methyl/N-ethyl adjacent to an activating group) is 1. The SMILES string of the molecule is CN(C)C(CNC(=O)Cn1c(=O)oc2ccccc21)c1cccs1. The summed E-state index contributed by atoms with van der Waals surface area (Å²) in [5.74, 6) is -0.735. The molecule has 2 aromatic heterocycles. The molecule has 0 aliphatic carbocycles. The summed E-state index contributed by atoms with van der Waals surface area (Å²) >= 11 is 1.66. The third-order valence-corrected chi connectivity index (χ3v) is 4.84. The maximum atomic E-state index is 12.3. The molecular formula is C17H19N3O3S. The zero-order chi connectivity index (χ0) is 17.1. The van der Waals surface area contributed by atoms with Crippen LogP contribution in [-0.4, -0.2) is 36.0 Å². The number of carbonyl (C=O) groups excluding carboxylic acids is 1. The predicted molar refractivity (Wildman–Crippen MR) is 94.2 cm³/mol. The molecule has 7 heteroatoms. The normalized spacial score (nSPS) is 12.6. The molecule has 1 N–H and O–H groups in total. The third kappa shape index (κ3) is 3.42. The Morgan fingerprint density at radius 3 is 2.79 bits per heavy atom. The van der Waals surface area contributed by atoms with E-state index in [9.17, 15) is 9.59 Å². The van der Waals surface area contributed by atoms with Crippen molar-refractivity contribution in [2.75, 3.05) is 20.6 Å². The second kappa shape index (κ2) is 7.02. The van der Waals surface area contributed by atoms with Crippen LogP contribution in [0, 0.1) is 0 Å². The third-order valence-electron chi connectivity index (χ3n) is 3.86. The summed E-state index contributed by atoms with van der Waals surface area (Å²) in [7, 11) is 3.95. The van der Waals surface area contributed by atoms with E-state index in [4.69, 9.17) is 4.42 Å². The van der Waals surface area contributed by atoms with Crippen LogP contribution in [0.4, 0.5) is 0 Å². The van der Waals surface area contributed by atoms with Crippen molar-refractivity contribution in [2.24, 2.45) is 0 Å². The van der Waals surface area contributed by atoms with E-state index in [1.54, 1.807) is 29.5 Å². The standard InChI is InChI=1S/C17H19N3O3S/c1-19(2)13(15-8-5-9-24-15)10-18-16(21)11-20-12-6-3-4-7-14(12)23-17(20)22/h3-9,13H,10-11H2,1-2H3,(H,18,21). The first-order valence-corrected chi connectivity index (χ1v) is 8.49. The van der Waals surface area contributed by atoms with E-state index >= 15 is 0 Å². The Morgan fingerprint density at radius 2 is 2.08 bits per heavy atom. The number of oxazole rings is 1. The molecule has 3 aromatic rings. The Hall–Kier alpha value is -2.38. The molecule has 1 amide bonds. The maximum Gasteiger partial charge on any atom is 0.420 e. The van der Waals surface area contributed by atoms with Gasteiger partial charge < -0.3 is 14.6 Å². The highest BCUT2D eigenvalue weighted by molar-refractivity contribution is 7.10. The highest BCUT2D eigenvalue weighted by Crippen LogP contribution is 2.22. The molecule has 1 atom stereocenters. The van der Waals surface area contributed by atoms with Crippen LogP contribution in [0.15, 0.2) is 51.0 Å². The van der Waals surface area contributed by atoms with E-state index in [0.29, 0.717) is 17.6 Å². The van der Waals surface area contributed by atoms with Gasteiger partial charge >= 0.3 is 5.76 Å². The van der Waals surface area contributed by atoms with Crippen LogP contribution in [0.1, 0.15) is 10.9 Å². The summed E-state index contributed by atoms with van der Waals surface area (Å²) in [5, 5.41) is 4.93. The van der Waals surface area contributed by atoms with Crippen molar-refractivity contribution in [2.45, 2.75) is 12.6 Å². The fraction of sp³-hybridized carbons (Fsp3) is 0.294. The molecule has 1 unspecified atom stereocenters. The van der Waals surface area contributed by atoms with Crippen LogP contribution < -0.4 is 11.1 Å². The molecule has 3 rings (SSSR count). The summed E-state index contributed by atoms with van der Waals surface area (Å²) in [6, 6.07) is 11.2. The van der Waals surface area contributed by atoms with Crippen LogP contribution in [0.2, 0.25) is 0 Å². The quantitative estimate of drug-likeness (QED) is 0.743. The number of nitrogens with one attached hydrogen (secondary N) is 1. The zero-order valence-electron chi connectivity index (χ0n) is 13.6. The lowest BCUT2D eigenvalue weighted by Gasteiger charge is -2.23. The Balaban J connectivity index is 1.69. The number of carbonyl (C=O) groups is 1. The first-order valence-electron chi connectivity index (χ1n) is 7.61. The van der Waals surface area contributed by atoms with Crippen LogP contribution in [0.3, 0.4) is 0 Å². The number of para-hydroxylation sites is 2. The van der Waals surface area contributed by atoms with Gasteiger partial charge in [0.05, 0.1) is 11.6 Å². The molecule has 6 nitrogen and oxygen atoms in total. The number of nitrogens with zero attached hydrogens (tertiary/aromatic N) is 2. The minimum atomic E-state index is -0.520. The molecule has 0 radical (unpaired) electrons. The monoisotopic (exact) mass is 345 g/mol. The molecule has 0 bridgehead atoms. The van der Waals surface area contributed by atoms with E-state index in [-0.39, 0.29) is 18.5 Å². The van der Waals surface area contributed by atoms with Gasteiger partial charge in [-0.15, -0.1) is 11.3 Å². The topological polar surface area (TPSA) is 67.5 Å². The van der Waals surface area contributed by atoms with Crippen molar-refractivity contribution in [3.8, 4) is 0 Å². The van der Waals surface area contributed by atoms with E-state index in [2.05, 4.69) is 16.3 Å². The van der Waals surface area contributed by atoms with Gasteiger partial charge in [0.15, 0.2) is 5.58 Å².